The lowest BCUT2D eigenvalue weighted by molar-refractivity contribution is -0.538. The SMILES string of the molecule is CCCC(C)(C)OOC(C)(CC(=O)OCC)OOC(C)(C)CCC. The van der Waals surface area contributed by atoms with Gasteiger partial charge in [0.2, 0.25) is 5.79 Å². The highest BCUT2D eigenvalue weighted by atomic mass is 17.3. The van der Waals surface area contributed by atoms with E-state index in [4.69, 9.17) is 24.3 Å². The van der Waals surface area contributed by atoms with E-state index in [0.717, 1.165) is 25.7 Å². The maximum Gasteiger partial charge on any atom is 0.311 e. The van der Waals surface area contributed by atoms with E-state index in [-0.39, 0.29) is 6.42 Å². The first-order valence-corrected chi connectivity index (χ1v) is 8.88. The highest BCUT2D eigenvalue weighted by Gasteiger charge is 2.38. The Kier molecular flexibility index (Phi) is 10.0. The molecule has 0 fully saturated rings. The van der Waals surface area contributed by atoms with Gasteiger partial charge in [-0.3, -0.25) is 4.79 Å². The minimum absolute atomic E-state index is 0.134. The summed E-state index contributed by atoms with van der Waals surface area (Å²) in [5.74, 6) is -1.82. The molecule has 6 nitrogen and oxygen atoms in total. The molecule has 0 rings (SSSR count). The van der Waals surface area contributed by atoms with Gasteiger partial charge < -0.3 is 4.74 Å². The first-order valence-electron chi connectivity index (χ1n) is 8.88. The Morgan fingerprint density at radius 1 is 0.750 bits per heavy atom. The summed E-state index contributed by atoms with van der Waals surface area (Å²) in [7, 11) is 0. The lowest BCUT2D eigenvalue weighted by atomic mass is 10.0. The van der Waals surface area contributed by atoms with E-state index < -0.39 is 23.0 Å². The van der Waals surface area contributed by atoms with Crippen LogP contribution in [0.25, 0.3) is 0 Å². The third-order valence-electron chi connectivity index (χ3n) is 3.36. The summed E-state index contributed by atoms with van der Waals surface area (Å²) >= 11 is 0. The van der Waals surface area contributed by atoms with Gasteiger partial charge in [-0.25, -0.2) is 9.78 Å². The molecule has 0 heterocycles. The van der Waals surface area contributed by atoms with Crippen molar-refractivity contribution in [2.24, 2.45) is 0 Å². The number of hydrogen-bond donors (Lipinski definition) is 0. The fraction of sp³-hybridized carbons (Fsp3) is 0.944. The Hall–Kier alpha value is -0.690. The molecule has 0 N–H and O–H groups in total. The molecule has 0 aromatic heterocycles. The van der Waals surface area contributed by atoms with Gasteiger partial charge in [0.1, 0.15) is 6.42 Å². The van der Waals surface area contributed by atoms with Crippen LogP contribution >= 0.6 is 0 Å². The summed E-state index contributed by atoms with van der Waals surface area (Å²) < 4.78 is 4.99. The minimum Gasteiger partial charge on any atom is -0.466 e. The minimum atomic E-state index is -1.39. The molecule has 24 heavy (non-hydrogen) atoms. The van der Waals surface area contributed by atoms with Crippen LogP contribution in [0, 0.1) is 0 Å². The highest BCUT2D eigenvalue weighted by molar-refractivity contribution is 5.70. The number of carbonyl (C=O) groups excluding carboxylic acids is 1. The zero-order chi connectivity index (χ0) is 18.9. The lowest BCUT2D eigenvalue weighted by Gasteiger charge is -2.34. The third kappa shape index (κ3) is 10.2. The van der Waals surface area contributed by atoms with Crippen molar-refractivity contribution in [2.45, 2.75) is 104 Å². The van der Waals surface area contributed by atoms with Crippen molar-refractivity contribution in [1.82, 2.24) is 0 Å². The molecular formula is C18H36O6. The van der Waals surface area contributed by atoms with Crippen LogP contribution in [0.5, 0.6) is 0 Å². The summed E-state index contributed by atoms with van der Waals surface area (Å²) in [5, 5.41) is 0. The number of carbonyl (C=O) groups is 1. The largest absolute Gasteiger partial charge is 0.466 e. The van der Waals surface area contributed by atoms with Gasteiger partial charge in [-0.1, -0.05) is 26.7 Å². The molecule has 0 saturated heterocycles. The van der Waals surface area contributed by atoms with Gasteiger partial charge in [-0.15, -0.1) is 0 Å². The molecule has 0 spiro atoms. The summed E-state index contributed by atoms with van der Waals surface area (Å²) in [4.78, 5) is 33.9. The van der Waals surface area contributed by atoms with E-state index in [1.807, 2.05) is 27.7 Å². The molecule has 0 aliphatic carbocycles. The van der Waals surface area contributed by atoms with Crippen molar-refractivity contribution in [1.29, 1.82) is 0 Å². The monoisotopic (exact) mass is 348 g/mol. The summed E-state index contributed by atoms with van der Waals surface area (Å²) in [5.41, 5.74) is -0.986. The number of hydrogen-bond acceptors (Lipinski definition) is 6. The Labute approximate surface area is 147 Å². The maximum atomic E-state index is 11.9. The predicted molar refractivity (Wildman–Crippen MR) is 92.0 cm³/mol. The molecule has 0 radical (unpaired) electrons. The van der Waals surface area contributed by atoms with E-state index in [2.05, 4.69) is 13.8 Å². The van der Waals surface area contributed by atoms with Crippen molar-refractivity contribution in [2.75, 3.05) is 6.61 Å². The van der Waals surface area contributed by atoms with Gasteiger partial charge in [0.25, 0.3) is 0 Å². The van der Waals surface area contributed by atoms with Crippen molar-refractivity contribution >= 4 is 5.97 Å². The zero-order valence-electron chi connectivity index (χ0n) is 16.7. The van der Waals surface area contributed by atoms with Crippen molar-refractivity contribution in [3.05, 3.63) is 0 Å². The van der Waals surface area contributed by atoms with Crippen LogP contribution in [-0.4, -0.2) is 29.6 Å². The normalized spacial score (nSPS) is 13.2. The van der Waals surface area contributed by atoms with Gasteiger partial charge >= 0.3 is 5.97 Å². The van der Waals surface area contributed by atoms with E-state index in [1.54, 1.807) is 13.8 Å². The Morgan fingerprint density at radius 2 is 1.17 bits per heavy atom. The van der Waals surface area contributed by atoms with Crippen LogP contribution < -0.4 is 0 Å². The Balaban J connectivity index is 4.91. The van der Waals surface area contributed by atoms with Crippen LogP contribution in [0.3, 0.4) is 0 Å². The first kappa shape index (κ1) is 23.3. The zero-order valence-corrected chi connectivity index (χ0v) is 16.7. The molecule has 144 valence electrons. The number of rotatable bonds is 13. The van der Waals surface area contributed by atoms with Crippen molar-refractivity contribution < 1.29 is 29.1 Å². The Bertz CT molecular complexity index is 343. The average Bonchev–Trinajstić information content (AvgIpc) is 2.44. The van der Waals surface area contributed by atoms with Crippen LogP contribution in [0.1, 0.15) is 87.5 Å². The van der Waals surface area contributed by atoms with Crippen LogP contribution in [0.15, 0.2) is 0 Å². The van der Waals surface area contributed by atoms with Crippen LogP contribution in [0.4, 0.5) is 0 Å². The first-order chi connectivity index (χ1) is 11.0. The van der Waals surface area contributed by atoms with Gasteiger partial charge in [0.15, 0.2) is 0 Å². The Morgan fingerprint density at radius 3 is 1.50 bits per heavy atom. The molecule has 0 saturated carbocycles. The predicted octanol–water partition coefficient (Wildman–Crippen LogP) is 4.71. The van der Waals surface area contributed by atoms with Crippen LogP contribution in [-0.2, 0) is 29.1 Å². The molecule has 0 atom stereocenters. The standard InChI is InChI=1S/C18H36O6/c1-9-12-16(4,5)21-23-18(8,14-15(19)20-11-3)24-22-17(6,7)13-10-2/h9-14H2,1-8H3. The second kappa shape index (κ2) is 10.3. The van der Waals surface area contributed by atoms with Gasteiger partial charge in [0, 0.05) is 0 Å². The molecule has 0 unspecified atom stereocenters. The number of esters is 1. The molecule has 0 aliphatic rings. The third-order valence-corrected chi connectivity index (χ3v) is 3.36. The fourth-order valence-electron chi connectivity index (χ4n) is 2.24. The number of ether oxygens (including phenoxy) is 1. The fourth-order valence-corrected chi connectivity index (χ4v) is 2.24. The van der Waals surface area contributed by atoms with E-state index in [9.17, 15) is 4.79 Å². The van der Waals surface area contributed by atoms with E-state index in [1.165, 1.54) is 0 Å². The van der Waals surface area contributed by atoms with Gasteiger partial charge in [-0.05, 0) is 54.4 Å². The quantitative estimate of drug-likeness (QED) is 0.208. The summed E-state index contributed by atoms with van der Waals surface area (Å²) in [6.45, 7) is 15.5. The highest BCUT2D eigenvalue weighted by Crippen LogP contribution is 2.28. The van der Waals surface area contributed by atoms with E-state index in [0.29, 0.717) is 6.61 Å². The van der Waals surface area contributed by atoms with Crippen LogP contribution in [0.2, 0.25) is 0 Å². The van der Waals surface area contributed by atoms with E-state index >= 15 is 0 Å². The van der Waals surface area contributed by atoms with Crippen molar-refractivity contribution in [3.8, 4) is 0 Å². The molecule has 0 amide bonds. The molecule has 0 bridgehead atoms. The maximum absolute atomic E-state index is 11.9. The summed E-state index contributed by atoms with van der Waals surface area (Å²) in [6.07, 6.45) is 3.39. The molecule has 0 aromatic rings. The van der Waals surface area contributed by atoms with Gasteiger partial charge in [-0.2, -0.15) is 9.78 Å². The molecule has 0 aliphatic heterocycles. The molecule has 6 heteroatoms. The smallest absolute Gasteiger partial charge is 0.311 e. The molecule has 0 aromatic carbocycles. The average molecular weight is 348 g/mol. The molecular weight excluding hydrogens is 312 g/mol. The lowest BCUT2D eigenvalue weighted by Crippen LogP contribution is -2.41. The van der Waals surface area contributed by atoms with Gasteiger partial charge in [0.05, 0.1) is 17.8 Å². The second-order valence-electron chi connectivity index (χ2n) is 7.47. The van der Waals surface area contributed by atoms with Crippen molar-refractivity contribution in [3.63, 3.8) is 0 Å². The topological polar surface area (TPSA) is 63.2 Å². The second-order valence-corrected chi connectivity index (χ2v) is 7.47. The summed E-state index contributed by atoms with van der Waals surface area (Å²) in [6, 6.07) is 0.